The predicted octanol–water partition coefficient (Wildman–Crippen LogP) is 3.44. The summed E-state index contributed by atoms with van der Waals surface area (Å²) in [6, 6.07) is 16.8. The number of rotatable bonds is 7. The number of nitrogens with zero attached hydrogens (tertiary/aromatic N) is 4. The molecule has 0 unspecified atom stereocenters. The standard InChI is InChI=1S/C20H18N4O2S/c25-18-16-10-4-5-11-17(16)19(26)23(18)12-6-7-13-27-20-21-14-24(22-20)15-8-2-1-3-9-15/h1-5,8-11,14H,6-7,12-13H2. The number of thioether (sulfide) groups is 1. The number of benzene rings is 2. The Morgan fingerprint density at radius 1 is 0.852 bits per heavy atom. The van der Waals surface area contributed by atoms with Gasteiger partial charge in [0, 0.05) is 12.3 Å². The molecular formula is C20H18N4O2S. The molecule has 1 aliphatic rings. The number of imide groups is 1. The molecule has 2 heterocycles. The van der Waals surface area contributed by atoms with Crippen molar-refractivity contribution in [2.24, 2.45) is 0 Å². The van der Waals surface area contributed by atoms with E-state index in [0.717, 1.165) is 29.4 Å². The molecule has 0 saturated carbocycles. The number of unbranched alkanes of at least 4 members (excludes halogenated alkanes) is 1. The molecular weight excluding hydrogens is 360 g/mol. The van der Waals surface area contributed by atoms with E-state index in [2.05, 4.69) is 10.1 Å². The van der Waals surface area contributed by atoms with Gasteiger partial charge < -0.3 is 0 Å². The van der Waals surface area contributed by atoms with Gasteiger partial charge in [-0.1, -0.05) is 42.1 Å². The lowest BCUT2D eigenvalue weighted by Crippen LogP contribution is -2.30. The molecule has 0 saturated heterocycles. The van der Waals surface area contributed by atoms with Crippen molar-refractivity contribution in [1.29, 1.82) is 0 Å². The van der Waals surface area contributed by atoms with Crippen LogP contribution in [0.1, 0.15) is 33.6 Å². The van der Waals surface area contributed by atoms with Gasteiger partial charge in [0.05, 0.1) is 16.8 Å². The number of carbonyl (C=O) groups is 2. The van der Waals surface area contributed by atoms with Crippen LogP contribution in [0.2, 0.25) is 0 Å². The molecule has 136 valence electrons. The van der Waals surface area contributed by atoms with Crippen LogP contribution in [-0.4, -0.2) is 43.8 Å². The van der Waals surface area contributed by atoms with Gasteiger partial charge in [0.2, 0.25) is 5.16 Å². The highest BCUT2D eigenvalue weighted by molar-refractivity contribution is 7.99. The van der Waals surface area contributed by atoms with Crippen molar-refractivity contribution in [2.45, 2.75) is 18.0 Å². The van der Waals surface area contributed by atoms with E-state index in [4.69, 9.17) is 0 Å². The summed E-state index contributed by atoms with van der Waals surface area (Å²) >= 11 is 1.58. The first-order valence-corrected chi connectivity index (χ1v) is 9.78. The van der Waals surface area contributed by atoms with Gasteiger partial charge in [-0.05, 0) is 37.1 Å². The Labute approximate surface area is 161 Å². The lowest BCUT2D eigenvalue weighted by molar-refractivity contribution is 0.0652. The predicted molar refractivity (Wildman–Crippen MR) is 103 cm³/mol. The fourth-order valence-electron chi connectivity index (χ4n) is 3.00. The van der Waals surface area contributed by atoms with Gasteiger partial charge in [-0.2, -0.15) is 0 Å². The Bertz CT molecular complexity index is 936. The van der Waals surface area contributed by atoms with Crippen LogP contribution in [0.15, 0.2) is 66.1 Å². The van der Waals surface area contributed by atoms with Gasteiger partial charge in [0.1, 0.15) is 6.33 Å². The number of hydrogen-bond donors (Lipinski definition) is 0. The summed E-state index contributed by atoms with van der Waals surface area (Å²) in [5.41, 5.74) is 1.99. The highest BCUT2D eigenvalue weighted by atomic mass is 32.2. The molecule has 6 nitrogen and oxygen atoms in total. The Balaban J connectivity index is 1.24. The second-order valence-electron chi connectivity index (χ2n) is 6.17. The van der Waals surface area contributed by atoms with Gasteiger partial charge >= 0.3 is 0 Å². The van der Waals surface area contributed by atoms with Gasteiger partial charge in [0.25, 0.3) is 11.8 Å². The van der Waals surface area contributed by atoms with E-state index in [1.807, 2.05) is 30.3 Å². The lowest BCUT2D eigenvalue weighted by atomic mass is 10.1. The first-order valence-electron chi connectivity index (χ1n) is 8.79. The van der Waals surface area contributed by atoms with Crippen molar-refractivity contribution < 1.29 is 9.59 Å². The highest BCUT2D eigenvalue weighted by Gasteiger charge is 2.34. The zero-order chi connectivity index (χ0) is 18.6. The van der Waals surface area contributed by atoms with Gasteiger partial charge in [-0.3, -0.25) is 14.5 Å². The minimum Gasteiger partial charge on any atom is -0.274 e. The summed E-state index contributed by atoms with van der Waals surface area (Å²) in [5.74, 6) is 0.458. The normalized spacial score (nSPS) is 13.3. The van der Waals surface area contributed by atoms with Crippen LogP contribution in [0.5, 0.6) is 0 Å². The molecule has 4 rings (SSSR count). The second-order valence-corrected chi connectivity index (χ2v) is 7.23. The molecule has 0 aliphatic carbocycles. The maximum Gasteiger partial charge on any atom is 0.261 e. The molecule has 1 aliphatic heterocycles. The first kappa shape index (κ1) is 17.5. The van der Waals surface area contributed by atoms with Gasteiger partial charge in [-0.25, -0.2) is 9.67 Å². The smallest absolute Gasteiger partial charge is 0.261 e. The van der Waals surface area contributed by atoms with E-state index in [1.165, 1.54) is 4.90 Å². The molecule has 0 atom stereocenters. The van der Waals surface area contributed by atoms with Crippen molar-refractivity contribution in [1.82, 2.24) is 19.7 Å². The Morgan fingerprint density at radius 2 is 1.52 bits per heavy atom. The molecule has 0 bridgehead atoms. The molecule has 2 aromatic carbocycles. The minimum absolute atomic E-state index is 0.188. The van der Waals surface area contributed by atoms with E-state index >= 15 is 0 Å². The van der Waals surface area contributed by atoms with Crippen LogP contribution in [0, 0.1) is 0 Å². The maximum absolute atomic E-state index is 12.3. The fourth-order valence-corrected chi connectivity index (χ4v) is 3.80. The molecule has 0 radical (unpaired) electrons. The third kappa shape index (κ3) is 3.64. The van der Waals surface area contributed by atoms with E-state index in [1.54, 1.807) is 47.0 Å². The highest BCUT2D eigenvalue weighted by Crippen LogP contribution is 2.23. The fraction of sp³-hybridized carbons (Fsp3) is 0.200. The van der Waals surface area contributed by atoms with Crippen LogP contribution in [-0.2, 0) is 0 Å². The van der Waals surface area contributed by atoms with Gasteiger partial charge in [-0.15, -0.1) is 5.10 Å². The van der Waals surface area contributed by atoms with Crippen LogP contribution in [0.25, 0.3) is 5.69 Å². The first-order chi connectivity index (χ1) is 13.2. The number of carbonyl (C=O) groups excluding carboxylic acids is 2. The molecule has 7 heteroatoms. The van der Waals surface area contributed by atoms with Crippen molar-refractivity contribution >= 4 is 23.6 Å². The average Bonchev–Trinajstić information content (AvgIpc) is 3.27. The molecule has 0 spiro atoms. The third-order valence-electron chi connectivity index (χ3n) is 4.38. The van der Waals surface area contributed by atoms with Crippen LogP contribution >= 0.6 is 11.8 Å². The Morgan fingerprint density at radius 3 is 2.22 bits per heavy atom. The summed E-state index contributed by atoms with van der Waals surface area (Å²) in [7, 11) is 0. The monoisotopic (exact) mass is 378 g/mol. The lowest BCUT2D eigenvalue weighted by Gasteiger charge is -2.13. The minimum atomic E-state index is -0.188. The average molecular weight is 378 g/mol. The SMILES string of the molecule is O=C1c2ccccc2C(=O)N1CCCCSc1ncn(-c2ccccc2)n1. The summed E-state index contributed by atoms with van der Waals surface area (Å²) in [5, 5.41) is 5.18. The molecule has 0 fully saturated rings. The van der Waals surface area contributed by atoms with E-state index < -0.39 is 0 Å². The van der Waals surface area contributed by atoms with Crippen molar-refractivity contribution in [3.8, 4) is 5.69 Å². The molecule has 27 heavy (non-hydrogen) atoms. The number of amides is 2. The van der Waals surface area contributed by atoms with E-state index in [9.17, 15) is 9.59 Å². The van der Waals surface area contributed by atoms with Crippen molar-refractivity contribution in [3.63, 3.8) is 0 Å². The second kappa shape index (κ2) is 7.75. The van der Waals surface area contributed by atoms with Crippen LogP contribution in [0.3, 0.4) is 0 Å². The maximum atomic E-state index is 12.3. The van der Waals surface area contributed by atoms with Crippen molar-refractivity contribution in [2.75, 3.05) is 12.3 Å². The van der Waals surface area contributed by atoms with E-state index in [0.29, 0.717) is 17.7 Å². The Kier molecular flexibility index (Phi) is 5.02. The number of fused-ring (bicyclic) bond motifs is 1. The summed E-state index contributed by atoms with van der Waals surface area (Å²) in [6.45, 7) is 0.443. The molecule has 3 aromatic rings. The largest absolute Gasteiger partial charge is 0.274 e. The quantitative estimate of drug-likeness (QED) is 0.358. The summed E-state index contributed by atoms with van der Waals surface area (Å²) in [4.78, 5) is 30.3. The van der Waals surface area contributed by atoms with Crippen LogP contribution in [0.4, 0.5) is 0 Å². The molecule has 1 aromatic heterocycles. The topological polar surface area (TPSA) is 68.1 Å². The summed E-state index contributed by atoms with van der Waals surface area (Å²) in [6.07, 6.45) is 3.34. The number of hydrogen-bond acceptors (Lipinski definition) is 5. The van der Waals surface area contributed by atoms with E-state index in [-0.39, 0.29) is 11.8 Å². The Hall–Kier alpha value is -2.93. The van der Waals surface area contributed by atoms with Gasteiger partial charge in [0.15, 0.2) is 0 Å². The van der Waals surface area contributed by atoms with Crippen LogP contribution < -0.4 is 0 Å². The third-order valence-corrected chi connectivity index (χ3v) is 5.32. The zero-order valence-electron chi connectivity index (χ0n) is 14.6. The number of aromatic nitrogens is 3. The summed E-state index contributed by atoms with van der Waals surface area (Å²) < 4.78 is 1.75. The molecule has 0 N–H and O–H groups in total. The molecule has 2 amide bonds. The number of para-hydroxylation sites is 1. The zero-order valence-corrected chi connectivity index (χ0v) is 15.4. The van der Waals surface area contributed by atoms with Crippen molar-refractivity contribution in [3.05, 3.63) is 72.1 Å².